The molecule has 0 atom stereocenters. The first-order valence-electron chi connectivity index (χ1n) is 7.32. The predicted molar refractivity (Wildman–Crippen MR) is 98.1 cm³/mol. The van der Waals surface area contributed by atoms with Gasteiger partial charge < -0.3 is 15.4 Å². The summed E-state index contributed by atoms with van der Waals surface area (Å²) in [4.78, 5) is 0. The second-order valence-electron chi connectivity index (χ2n) is 5.56. The number of rotatable bonds is 4. The van der Waals surface area contributed by atoms with E-state index in [0.717, 1.165) is 22.7 Å². The standard InChI is InChI=1S/C18H22N2OS/c1-12(2)14-6-8-15(9-7-14)19-18(22)20-16-11-13(3)5-10-17(16)21-4/h5-12H,1-4H3,(H2,19,20,22). The summed E-state index contributed by atoms with van der Waals surface area (Å²) in [5, 5.41) is 6.92. The van der Waals surface area contributed by atoms with Crippen LogP contribution in [0, 0.1) is 6.92 Å². The molecular formula is C18H22N2OS. The number of anilines is 2. The third-order valence-corrected chi connectivity index (χ3v) is 3.64. The number of aryl methyl sites for hydroxylation is 1. The molecule has 0 spiro atoms. The summed E-state index contributed by atoms with van der Waals surface area (Å²) in [6, 6.07) is 14.2. The van der Waals surface area contributed by atoms with Crippen molar-refractivity contribution in [2.24, 2.45) is 0 Å². The number of hydrogen-bond donors (Lipinski definition) is 2. The second-order valence-corrected chi connectivity index (χ2v) is 5.97. The summed E-state index contributed by atoms with van der Waals surface area (Å²) in [5.74, 6) is 1.29. The normalized spacial score (nSPS) is 10.4. The molecule has 0 saturated carbocycles. The number of nitrogens with one attached hydrogen (secondary N) is 2. The summed E-state index contributed by atoms with van der Waals surface area (Å²) in [6.45, 7) is 6.39. The second kappa shape index (κ2) is 7.27. The Morgan fingerprint density at radius 1 is 1.05 bits per heavy atom. The zero-order valence-corrected chi connectivity index (χ0v) is 14.3. The molecule has 0 aromatic heterocycles. The smallest absolute Gasteiger partial charge is 0.175 e. The SMILES string of the molecule is COc1ccc(C)cc1NC(=S)Nc1ccc(C(C)C)cc1. The maximum absolute atomic E-state index is 5.38. The summed E-state index contributed by atoms with van der Waals surface area (Å²) in [7, 11) is 1.65. The molecule has 0 saturated heterocycles. The summed E-state index contributed by atoms with van der Waals surface area (Å²) in [5.41, 5.74) is 4.28. The van der Waals surface area contributed by atoms with Crippen LogP contribution in [-0.2, 0) is 0 Å². The van der Waals surface area contributed by atoms with Crippen LogP contribution in [0.2, 0.25) is 0 Å². The van der Waals surface area contributed by atoms with E-state index in [1.54, 1.807) is 7.11 Å². The molecule has 2 rings (SSSR count). The van der Waals surface area contributed by atoms with Crippen molar-refractivity contribution in [3.05, 3.63) is 53.6 Å². The Kier molecular flexibility index (Phi) is 5.39. The third kappa shape index (κ3) is 4.21. The van der Waals surface area contributed by atoms with Crippen molar-refractivity contribution in [3.63, 3.8) is 0 Å². The van der Waals surface area contributed by atoms with Gasteiger partial charge in [0.15, 0.2) is 5.11 Å². The van der Waals surface area contributed by atoms with Gasteiger partial charge in [-0.3, -0.25) is 0 Å². The van der Waals surface area contributed by atoms with Gasteiger partial charge in [-0.25, -0.2) is 0 Å². The molecule has 0 aliphatic heterocycles. The molecule has 0 heterocycles. The van der Waals surface area contributed by atoms with Crippen LogP contribution in [0.1, 0.15) is 30.9 Å². The Labute approximate surface area is 137 Å². The van der Waals surface area contributed by atoms with Gasteiger partial charge in [0.25, 0.3) is 0 Å². The third-order valence-electron chi connectivity index (χ3n) is 3.44. The largest absolute Gasteiger partial charge is 0.495 e. The maximum atomic E-state index is 5.38. The molecular weight excluding hydrogens is 292 g/mol. The molecule has 2 N–H and O–H groups in total. The van der Waals surface area contributed by atoms with Crippen molar-refractivity contribution in [2.45, 2.75) is 26.7 Å². The predicted octanol–water partition coefficient (Wildman–Crippen LogP) is 4.94. The van der Waals surface area contributed by atoms with E-state index in [4.69, 9.17) is 17.0 Å². The van der Waals surface area contributed by atoms with Crippen molar-refractivity contribution < 1.29 is 4.74 Å². The van der Waals surface area contributed by atoms with Crippen LogP contribution in [-0.4, -0.2) is 12.2 Å². The molecule has 0 radical (unpaired) electrons. The summed E-state index contributed by atoms with van der Waals surface area (Å²) >= 11 is 5.38. The van der Waals surface area contributed by atoms with Crippen LogP contribution in [0.5, 0.6) is 5.75 Å². The van der Waals surface area contributed by atoms with E-state index in [1.807, 2.05) is 37.3 Å². The van der Waals surface area contributed by atoms with E-state index in [0.29, 0.717) is 11.0 Å². The van der Waals surface area contributed by atoms with E-state index < -0.39 is 0 Å². The number of benzene rings is 2. The van der Waals surface area contributed by atoms with Crippen molar-refractivity contribution in [3.8, 4) is 5.75 Å². The molecule has 116 valence electrons. The highest BCUT2D eigenvalue weighted by Crippen LogP contribution is 2.25. The molecule has 22 heavy (non-hydrogen) atoms. The zero-order chi connectivity index (χ0) is 16.1. The van der Waals surface area contributed by atoms with E-state index in [-0.39, 0.29) is 0 Å². The van der Waals surface area contributed by atoms with Crippen LogP contribution in [0.15, 0.2) is 42.5 Å². The lowest BCUT2D eigenvalue weighted by Crippen LogP contribution is -2.19. The van der Waals surface area contributed by atoms with Gasteiger partial charge >= 0.3 is 0 Å². The minimum atomic E-state index is 0.524. The highest BCUT2D eigenvalue weighted by Gasteiger charge is 2.06. The van der Waals surface area contributed by atoms with Crippen LogP contribution in [0.4, 0.5) is 11.4 Å². The van der Waals surface area contributed by atoms with E-state index >= 15 is 0 Å². The summed E-state index contributed by atoms with van der Waals surface area (Å²) < 4.78 is 5.34. The molecule has 2 aromatic rings. The van der Waals surface area contributed by atoms with Gasteiger partial charge in [-0.2, -0.15) is 0 Å². The molecule has 0 fully saturated rings. The van der Waals surface area contributed by atoms with Gasteiger partial charge in [0.2, 0.25) is 0 Å². The fourth-order valence-corrected chi connectivity index (χ4v) is 2.38. The molecule has 0 amide bonds. The van der Waals surface area contributed by atoms with Gasteiger partial charge in [0, 0.05) is 5.69 Å². The lowest BCUT2D eigenvalue weighted by Gasteiger charge is -2.14. The molecule has 0 unspecified atom stereocenters. The number of hydrogen-bond acceptors (Lipinski definition) is 2. The quantitative estimate of drug-likeness (QED) is 0.784. The number of thiocarbonyl (C=S) groups is 1. The Morgan fingerprint density at radius 2 is 1.73 bits per heavy atom. The molecule has 0 aliphatic carbocycles. The van der Waals surface area contributed by atoms with E-state index in [2.05, 4.69) is 36.6 Å². The van der Waals surface area contributed by atoms with Gasteiger partial charge in [0.1, 0.15) is 5.75 Å². The average molecular weight is 314 g/mol. The first-order valence-corrected chi connectivity index (χ1v) is 7.73. The summed E-state index contributed by atoms with van der Waals surface area (Å²) in [6.07, 6.45) is 0. The highest BCUT2D eigenvalue weighted by atomic mass is 32.1. The fourth-order valence-electron chi connectivity index (χ4n) is 2.16. The minimum absolute atomic E-state index is 0.524. The van der Waals surface area contributed by atoms with Crippen LogP contribution < -0.4 is 15.4 Å². The molecule has 0 bridgehead atoms. The Hall–Kier alpha value is -2.07. The van der Waals surface area contributed by atoms with Crippen molar-refractivity contribution in [1.82, 2.24) is 0 Å². The lowest BCUT2D eigenvalue weighted by molar-refractivity contribution is 0.417. The maximum Gasteiger partial charge on any atom is 0.175 e. The van der Waals surface area contributed by atoms with Crippen molar-refractivity contribution >= 4 is 28.7 Å². The van der Waals surface area contributed by atoms with Crippen molar-refractivity contribution in [2.75, 3.05) is 17.7 Å². The Morgan fingerprint density at radius 3 is 2.32 bits per heavy atom. The Balaban J connectivity index is 2.05. The molecule has 4 heteroatoms. The number of ether oxygens (including phenoxy) is 1. The average Bonchev–Trinajstić information content (AvgIpc) is 2.48. The van der Waals surface area contributed by atoms with Gasteiger partial charge in [-0.15, -0.1) is 0 Å². The van der Waals surface area contributed by atoms with E-state index in [9.17, 15) is 0 Å². The fraction of sp³-hybridized carbons (Fsp3) is 0.278. The zero-order valence-electron chi connectivity index (χ0n) is 13.4. The Bertz CT molecular complexity index is 651. The van der Waals surface area contributed by atoms with Gasteiger partial charge in [-0.05, 0) is 60.5 Å². The first-order chi connectivity index (χ1) is 10.5. The van der Waals surface area contributed by atoms with Crippen molar-refractivity contribution in [1.29, 1.82) is 0 Å². The van der Waals surface area contributed by atoms with Crippen LogP contribution >= 0.6 is 12.2 Å². The van der Waals surface area contributed by atoms with E-state index in [1.165, 1.54) is 5.56 Å². The monoisotopic (exact) mass is 314 g/mol. The molecule has 3 nitrogen and oxygen atoms in total. The van der Waals surface area contributed by atoms with Gasteiger partial charge in [-0.1, -0.05) is 32.0 Å². The lowest BCUT2D eigenvalue weighted by atomic mass is 10.0. The van der Waals surface area contributed by atoms with Gasteiger partial charge in [0.05, 0.1) is 12.8 Å². The highest BCUT2D eigenvalue weighted by molar-refractivity contribution is 7.80. The molecule has 2 aromatic carbocycles. The first kappa shape index (κ1) is 16.3. The minimum Gasteiger partial charge on any atom is -0.495 e. The van der Waals surface area contributed by atoms with Crippen LogP contribution in [0.3, 0.4) is 0 Å². The number of methoxy groups -OCH3 is 1. The van der Waals surface area contributed by atoms with Crippen LogP contribution in [0.25, 0.3) is 0 Å². The topological polar surface area (TPSA) is 33.3 Å². The molecule has 0 aliphatic rings.